The maximum atomic E-state index is 11.5. The minimum Gasteiger partial charge on any atom is -0.342 e. The van der Waals surface area contributed by atoms with Crippen LogP contribution in [0.5, 0.6) is 0 Å². The molecule has 1 unspecified atom stereocenters. The second kappa shape index (κ2) is 6.35. The number of hydrogen-bond donors (Lipinski definition) is 2. The third-order valence-corrected chi connectivity index (χ3v) is 3.98. The Morgan fingerprint density at radius 1 is 1.40 bits per heavy atom. The average molecular weight is 280 g/mol. The summed E-state index contributed by atoms with van der Waals surface area (Å²) in [6, 6.07) is 0.295. The van der Waals surface area contributed by atoms with Crippen LogP contribution in [0.25, 0.3) is 0 Å². The van der Waals surface area contributed by atoms with Gasteiger partial charge in [-0.05, 0) is 26.8 Å². The van der Waals surface area contributed by atoms with E-state index in [1.165, 1.54) is 13.3 Å². The first kappa shape index (κ1) is 15.0. The molecule has 1 aliphatic carbocycles. The molecule has 1 fully saturated rings. The van der Waals surface area contributed by atoms with Crippen molar-refractivity contribution in [1.82, 2.24) is 20.8 Å². The molecule has 2 N–H and O–H groups in total. The van der Waals surface area contributed by atoms with Crippen molar-refractivity contribution in [1.29, 1.82) is 0 Å². The van der Waals surface area contributed by atoms with Gasteiger partial charge in [0, 0.05) is 19.4 Å². The molecule has 20 heavy (non-hydrogen) atoms. The molecule has 2 rings (SSSR count). The first-order chi connectivity index (χ1) is 9.55. The number of carbonyl (C=O) groups is 1. The van der Waals surface area contributed by atoms with Crippen molar-refractivity contribution in [3.05, 3.63) is 11.7 Å². The SMILES string of the molecule is CNC(C)Cc1noc(C2(NC(C)=O)CCCCC2)n1. The lowest BCUT2D eigenvalue weighted by atomic mass is 9.81. The molecule has 0 bridgehead atoms. The summed E-state index contributed by atoms with van der Waals surface area (Å²) in [6.07, 6.45) is 5.80. The van der Waals surface area contributed by atoms with E-state index in [2.05, 4.69) is 27.7 Å². The van der Waals surface area contributed by atoms with E-state index in [4.69, 9.17) is 4.52 Å². The molecule has 6 heteroatoms. The summed E-state index contributed by atoms with van der Waals surface area (Å²) in [5, 5.41) is 10.2. The first-order valence-electron chi connectivity index (χ1n) is 7.35. The smallest absolute Gasteiger partial charge is 0.252 e. The Balaban J connectivity index is 2.18. The summed E-state index contributed by atoms with van der Waals surface area (Å²) in [5.74, 6) is 1.21. The lowest BCUT2D eigenvalue weighted by molar-refractivity contribution is -0.121. The van der Waals surface area contributed by atoms with Gasteiger partial charge in [0.1, 0.15) is 5.54 Å². The van der Waals surface area contributed by atoms with Crippen molar-refractivity contribution in [3.8, 4) is 0 Å². The normalized spacial score (nSPS) is 19.6. The van der Waals surface area contributed by atoms with E-state index >= 15 is 0 Å². The Bertz CT molecular complexity index is 452. The number of carbonyl (C=O) groups excluding carboxylic acids is 1. The summed E-state index contributed by atoms with van der Waals surface area (Å²) >= 11 is 0. The van der Waals surface area contributed by atoms with E-state index < -0.39 is 5.54 Å². The average Bonchev–Trinajstić information content (AvgIpc) is 2.88. The zero-order chi connectivity index (χ0) is 14.6. The lowest BCUT2D eigenvalue weighted by Crippen LogP contribution is -2.46. The van der Waals surface area contributed by atoms with Crippen molar-refractivity contribution in [2.45, 2.75) is 64.0 Å². The van der Waals surface area contributed by atoms with Crippen LogP contribution >= 0.6 is 0 Å². The highest BCUT2D eigenvalue weighted by Gasteiger charge is 2.40. The Morgan fingerprint density at radius 2 is 2.10 bits per heavy atom. The molecule has 1 amide bonds. The van der Waals surface area contributed by atoms with Gasteiger partial charge in [-0.3, -0.25) is 4.79 Å². The third kappa shape index (κ3) is 3.36. The summed E-state index contributed by atoms with van der Waals surface area (Å²) in [4.78, 5) is 16.0. The van der Waals surface area contributed by atoms with Gasteiger partial charge in [-0.2, -0.15) is 4.98 Å². The number of nitrogens with zero attached hydrogens (tertiary/aromatic N) is 2. The molecule has 1 aromatic heterocycles. The molecule has 6 nitrogen and oxygen atoms in total. The third-order valence-electron chi connectivity index (χ3n) is 3.98. The fourth-order valence-electron chi connectivity index (χ4n) is 2.79. The van der Waals surface area contributed by atoms with E-state index in [0.29, 0.717) is 17.8 Å². The molecule has 0 aromatic carbocycles. The topological polar surface area (TPSA) is 80.0 Å². The van der Waals surface area contributed by atoms with E-state index in [-0.39, 0.29) is 5.91 Å². The Kier molecular flexibility index (Phi) is 4.75. The molecule has 0 saturated heterocycles. The van der Waals surface area contributed by atoms with Crippen molar-refractivity contribution in [2.75, 3.05) is 7.05 Å². The maximum Gasteiger partial charge on any atom is 0.252 e. The summed E-state index contributed by atoms with van der Waals surface area (Å²) in [6.45, 7) is 3.61. The predicted octanol–water partition coefficient (Wildman–Crippen LogP) is 1.52. The van der Waals surface area contributed by atoms with Crippen LogP contribution in [-0.2, 0) is 16.8 Å². The van der Waals surface area contributed by atoms with Gasteiger partial charge in [0.25, 0.3) is 5.89 Å². The summed E-state index contributed by atoms with van der Waals surface area (Å²) < 4.78 is 5.45. The highest BCUT2D eigenvalue weighted by Crippen LogP contribution is 2.36. The molecular weight excluding hydrogens is 256 g/mol. The van der Waals surface area contributed by atoms with Crippen molar-refractivity contribution in [3.63, 3.8) is 0 Å². The van der Waals surface area contributed by atoms with Crippen LogP contribution in [0.4, 0.5) is 0 Å². The molecule has 0 radical (unpaired) electrons. The maximum absolute atomic E-state index is 11.5. The van der Waals surface area contributed by atoms with Crippen molar-refractivity contribution in [2.24, 2.45) is 0 Å². The van der Waals surface area contributed by atoms with Gasteiger partial charge in [-0.25, -0.2) is 0 Å². The molecule has 0 spiro atoms. The molecule has 112 valence electrons. The largest absolute Gasteiger partial charge is 0.342 e. The molecule has 1 aromatic rings. The quantitative estimate of drug-likeness (QED) is 0.854. The molecule has 0 aliphatic heterocycles. The highest BCUT2D eigenvalue weighted by molar-refractivity contribution is 5.73. The van der Waals surface area contributed by atoms with Crippen LogP contribution < -0.4 is 10.6 Å². The van der Waals surface area contributed by atoms with Gasteiger partial charge in [-0.1, -0.05) is 24.4 Å². The Labute approximate surface area is 119 Å². The molecular formula is C14H24N4O2. The van der Waals surface area contributed by atoms with Gasteiger partial charge in [0.15, 0.2) is 5.82 Å². The second-order valence-electron chi connectivity index (χ2n) is 5.73. The van der Waals surface area contributed by atoms with E-state index in [9.17, 15) is 4.79 Å². The number of hydrogen-bond acceptors (Lipinski definition) is 5. The minimum absolute atomic E-state index is 0.0461. The Morgan fingerprint density at radius 3 is 2.70 bits per heavy atom. The van der Waals surface area contributed by atoms with Crippen LogP contribution in [-0.4, -0.2) is 29.1 Å². The fourth-order valence-corrected chi connectivity index (χ4v) is 2.79. The van der Waals surface area contributed by atoms with Crippen LogP contribution in [0, 0.1) is 0 Å². The Hall–Kier alpha value is -1.43. The predicted molar refractivity (Wildman–Crippen MR) is 75.1 cm³/mol. The van der Waals surface area contributed by atoms with E-state index in [1.54, 1.807) is 0 Å². The van der Waals surface area contributed by atoms with E-state index in [1.807, 2.05) is 7.05 Å². The van der Waals surface area contributed by atoms with Crippen LogP contribution in [0.2, 0.25) is 0 Å². The minimum atomic E-state index is -0.460. The number of rotatable bonds is 5. The van der Waals surface area contributed by atoms with Gasteiger partial charge < -0.3 is 15.2 Å². The van der Waals surface area contributed by atoms with E-state index in [0.717, 1.165) is 32.1 Å². The van der Waals surface area contributed by atoms with Gasteiger partial charge in [0.2, 0.25) is 5.91 Å². The fraction of sp³-hybridized carbons (Fsp3) is 0.786. The van der Waals surface area contributed by atoms with Crippen LogP contribution in [0.3, 0.4) is 0 Å². The first-order valence-corrected chi connectivity index (χ1v) is 7.35. The second-order valence-corrected chi connectivity index (χ2v) is 5.73. The van der Waals surface area contributed by atoms with Crippen LogP contribution in [0.1, 0.15) is 57.7 Å². The monoisotopic (exact) mass is 280 g/mol. The molecule has 1 aliphatic rings. The van der Waals surface area contributed by atoms with Crippen molar-refractivity contribution < 1.29 is 9.32 Å². The molecule has 1 saturated carbocycles. The summed E-state index contributed by atoms with van der Waals surface area (Å²) in [7, 11) is 1.91. The zero-order valence-electron chi connectivity index (χ0n) is 12.5. The molecule has 1 heterocycles. The lowest BCUT2D eigenvalue weighted by Gasteiger charge is -2.34. The van der Waals surface area contributed by atoms with Gasteiger partial charge >= 0.3 is 0 Å². The van der Waals surface area contributed by atoms with Crippen molar-refractivity contribution >= 4 is 5.91 Å². The number of amides is 1. The van der Waals surface area contributed by atoms with Gasteiger partial charge in [-0.15, -0.1) is 0 Å². The number of likely N-dealkylation sites (N-methyl/N-ethyl adjacent to an activating group) is 1. The number of aromatic nitrogens is 2. The van der Waals surface area contributed by atoms with Gasteiger partial charge in [0.05, 0.1) is 0 Å². The summed E-state index contributed by atoms with van der Waals surface area (Å²) in [5.41, 5.74) is -0.460. The zero-order valence-corrected chi connectivity index (χ0v) is 12.5. The highest BCUT2D eigenvalue weighted by atomic mass is 16.5. The number of nitrogens with one attached hydrogen (secondary N) is 2. The van der Waals surface area contributed by atoms with Crippen LogP contribution in [0.15, 0.2) is 4.52 Å². The molecule has 1 atom stereocenters. The standard InChI is InChI=1S/C14H24N4O2/c1-10(15-3)9-12-16-13(20-18-12)14(17-11(2)19)7-5-4-6-8-14/h10,15H,4-9H2,1-3H3,(H,17,19).